The Labute approximate surface area is 819 Å². The van der Waals surface area contributed by atoms with Gasteiger partial charge in [0, 0.05) is 206 Å². The van der Waals surface area contributed by atoms with Crippen LogP contribution in [0.15, 0.2) is 231 Å². The summed E-state index contributed by atoms with van der Waals surface area (Å²) in [6.07, 6.45) is 6.90. The Balaban J connectivity index is 0.000000155. The van der Waals surface area contributed by atoms with Gasteiger partial charge in [0.15, 0.2) is 23.1 Å². The van der Waals surface area contributed by atoms with Gasteiger partial charge in [0.25, 0.3) is 0 Å². The van der Waals surface area contributed by atoms with Gasteiger partial charge in [-0.15, -0.1) is 0 Å². The molecule has 0 fully saturated rings. The van der Waals surface area contributed by atoms with Crippen LogP contribution in [-0.4, -0.2) is 145 Å². The lowest BCUT2D eigenvalue weighted by molar-refractivity contribution is 0.0963. The number of hydrogen-bond acceptors (Lipinski definition) is 20. The zero-order valence-corrected chi connectivity index (χ0v) is 81.5. The fraction of sp³-hybridized carbons (Fsp3) is 0.229. The summed E-state index contributed by atoms with van der Waals surface area (Å²) in [6, 6.07) is 59.4. The summed E-state index contributed by atoms with van der Waals surface area (Å²) in [5.41, 5.74) is 19.6. The van der Waals surface area contributed by atoms with E-state index in [0.717, 1.165) is 99.5 Å². The second kappa shape index (κ2) is 46.7. The third-order valence-electron chi connectivity index (χ3n) is 23.2. The number of aryl methyl sites for hydroxylation is 9. The molecule has 29 heteroatoms. The van der Waals surface area contributed by atoms with Gasteiger partial charge in [-0.3, -0.25) is 19.2 Å². The van der Waals surface area contributed by atoms with Crippen LogP contribution in [0.1, 0.15) is 138 Å². The van der Waals surface area contributed by atoms with Crippen molar-refractivity contribution >= 4 is 136 Å². The molecule has 4 unspecified atom stereocenters. The smallest absolute Gasteiger partial charge is 0.191 e. The van der Waals surface area contributed by atoms with Crippen molar-refractivity contribution < 1.29 is 81.9 Å². The molecule has 0 spiro atoms. The van der Waals surface area contributed by atoms with Gasteiger partial charge in [0.2, 0.25) is 0 Å². The van der Waals surface area contributed by atoms with Crippen molar-refractivity contribution in [3.63, 3.8) is 0 Å². The molecule has 0 saturated carbocycles. The van der Waals surface area contributed by atoms with E-state index in [1.807, 2.05) is 140 Å². The number of anilines is 4. The Morgan fingerprint density at radius 3 is 0.870 bits per heavy atom. The molecule has 0 aliphatic heterocycles. The van der Waals surface area contributed by atoms with Crippen molar-refractivity contribution in [2.24, 2.45) is 0 Å². The SMILES string of the molecule is COc1cc(NC(C(=O)c2c[nH]c3c(C)cc(C)cc23)c2ccc(Cl)cc2C)cc(OCCO)c1.COc1cc(NC(C(=O)c2c[nH]c3cc(F)c(C)cc23)c2ccc(Cl)cc2C)cc(OCCO)c1.COc1cc(NC(C(=O)c2c[nH]c3ccc(C)cc23)c2ccc(Cl)cc2C)cc(OCCO)c1.COc1cc(NC(C(=O)c2c[nH]c3ccc(C)cc23)c2ccc(Cl)cc2C)cc(OCCO)c1. The van der Waals surface area contributed by atoms with Crippen LogP contribution in [0.5, 0.6) is 46.0 Å². The zero-order chi connectivity index (χ0) is 98.7. The lowest BCUT2D eigenvalue weighted by Crippen LogP contribution is -2.22. The van der Waals surface area contributed by atoms with Gasteiger partial charge in [-0.2, -0.15) is 0 Å². The number of hydrogen-bond donors (Lipinski definition) is 12. The highest BCUT2D eigenvalue weighted by atomic mass is 35.5. The summed E-state index contributed by atoms with van der Waals surface area (Å²) in [5.74, 6) is 3.52. The number of methoxy groups -OCH3 is 4. The molecular formula is C109H109Cl4FN8O16. The standard InChI is InChI=1S/C28H29ClN2O4.C27H26ClFN2O4.2C27H27ClN2O4/c1-16-9-18(3)26-24(10-16)25(15-30-26)28(33)27(23-6-5-19(29)11-17(23)2)31-20-12-21(34-4)14-22(13-20)35-8-7-32;1-15-8-17(28)4-5-21(15)26(31-18-10-19(34-3)12-20(11-18)35-7-6-32)27(33)23-14-30-25-13-24(29)16(2)9-22(23)25;2*1-16-4-7-25-23(10-16)24(15-29-25)27(32)26(22-6-5-18(28)11-17(22)2)30-19-12-20(33-3)14-21(13-19)34-9-8-31/h5-6,9-15,27,30-32H,7-8H2,1-4H3;4-5,8-14,26,30-32H,6-7H2,1-3H3;2*4-7,10-15,26,29-31H,8-9H2,1-3H3. The van der Waals surface area contributed by atoms with E-state index >= 15 is 0 Å². The first-order chi connectivity index (χ1) is 66.4. The number of H-pyrrole nitrogens is 4. The highest BCUT2D eigenvalue weighted by Gasteiger charge is 2.33. The van der Waals surface area contributed by atoms with E-state index in [0.29, 0.717) is 128 Å². The number of ether oxygens (including phenoxy) is 8. The van der Waals surface area contributed by atoms with Crippen LogP contribution < -0.4 is 59.2 Å². The fourth-order valence-electron chi connectivity index (χ4n) is 16.5. The normalized spacial score (nSPS) is 11.9. The van der Waals surface area contributed by atoms with E-state index in [4.69, 9.17) is 105 Å². The van der Waals surface area contributed by atoms with Gasteiger partial charge in [-0.1, -0.05) is 106 Å². The highest BCUT2D eigenvalue weighted by Crippen LogP contribution is 2.42. The molecule has 16 rings (SSSR count). The molecule has 138 heavy (non-hydrogen) atoms. The first kappa shape index (κ1) is 101. The van der Waals surface area contributed by atoms with E-state index < -0.39 is 24.2 Å². The monoisotopic (exact) mass is 1940 g/mol. The number of aliphatic hydroxyl groups is 4. The first-order valence-electron chi connectivity index (χ1n) is 44.4. The van der Waals surface area contributed by atoms with Crippen molar-refractivity contribution in [3.05, 3.63) is 352 Å². The summed E-state index contributed by atoms with van der Waals surface area (Å²) in [5, 5.41) is 55.7. The Bertz CT molecular complexity index is 6890. The van der Waals surface area contributed by atoms with Gasteiger partial charge in [0.05, 0.1) is 54.9 Å². The highest BCUT2D eigenvalue weighted by molar-refractivity contribution is 6.32. The van der Waals surface area contributed by atoms with Crippen LogP contribution in [0, 0.1) is 68.1 Å². The quantitative estimate of drug-likeness (QED) is 0.0162. The van der Waals surface area contributed by atoms with Crippen molar-refractivity contribution in [1.29, 1.82) is 0 Å². The molecule has 24 nitrogen and oxygen atoms in total. The topological polar surface area (TPSA) is 334 Å². The van der Waals surface area contributed by atoms with Crippen LogP contribution in [0.3, 0.4) is 0 Å². The molecule has 0 saturated heterocycles. The van der Waals surface area contributed by atoms with Gasteiger partial charge in [0.1, 0.15) is 102 Å². The fourth-order valence-corrected chi connectivity index (χ4v) is 17.4. The lowest BCUT2D eigenvalue weighted by atomic mass is 9.93. The van der Waals surface area contributed by atoms with Crippen LogP contribution in [-0.2, 0) is 0 Å². The molecule has 4 aromatic heterocycles. The number of aromatic nitrogens is 4. The lowest BCUT2D eigenvalue weighted by Gasteiger charge is -2.22. The third-order valence-corrected chi connectivity index (χ3v) is 24.1. The molecule has 12 N–H and O–H groups in total. The number of ketones is 4. The largest absolute Gasteiger partial charge is 0.497 e. The molecule has 16 aromatic rings. The molecular weight excluding hydrogens is 1840 g/mol. The van der Waals surface area contributed by atoms with Crippen LogP contribution in [0.2, 0.25) is 20.1 Å². The molecule has 0 aliphatic carbocycles. The summed E-state index contributed by atoms with van der Waals surface area (Å²) in [6.45, 7) is 17.6. The van der Waals surface area contributed by atoms with E-state index in [1.165, 1.54) is 13.2 Å². The Morgan fingerprint density at radius 1 is 0.297 bits per heavy atom. The van der Waals surface area contributed by atoms with E-state index in [-0.39, 0.29) is 81.8 Å². The van der Waals surface area contributed by atoms with Crippen LogP contribution in [0.25, 0.3) is 43.6 Å². The predicted molar refractivity (Wildman–Crippen MR) is 547 cm³/mol. The number of nitrogens with one attached hydrogen (secondary N) is 8. The van der Waals surface area contributed by atoms with Gasteiger partial charge in [-0.25, -0.2) is 4.39 Å². The maximum atomic E-state index is 14.1. The minimum atomic E-state index is -0.783. The number of benzene rings is 12. The number of fused-ring (bicyclic) bond motifs is 4. The van der Waals surface area contributed by atoms with Gasteiger partial charge >= 0.3 is 0 Å². The Hall–Kier alpha value is -14.0. The molecule has 716 valence electrons. The van der Waals surface area contributed by atoms with Gasteiger partial charge in [-0.05, 0) is 209 Å². The molecule has 0 amide bonds. The number of Topliss-reactive ketones (excluding diaryl/α,β-unsaturated/α-hetero) is 4. The van der Waals surface area contributed by atoms with Crippen molar-refractivity contribution in [2.75, 3.05) is 103 Å². The van der Waals surface area contributed by atoms with Crippen molar-refractivity contribution in [2.45, 2.75) is 86.5 Å². The second-order valence-electron chi connectivity index (χ2n) is 33.2. The third kappa shape index (κ3) is 24.9. The van der Waals surface area contributed by atoms with Gasteiger partial charge < -0.3 is 99.5 Å². The molecule has 0 aliphatic rings. The summed E-state index contributed by atoms with van der Waals surface area (Å²) < 4.78 is 58.1. The average Bonchev–Trinajstić information content (AvgIpc) is 1.57. The summed E-state index contributed by atoms with van der Waals surface area (Å²) in [7, 11) is 6.23. The molecule has 4 heterocycles. The first-order valence-corrected chi connectivity index (χ1v) is 45.9. The predicted octanol–water partition coefficient (Wildman–Crippen LogP) is 23.9. The molecule has 4 atom stereocenters. The van der Waals surface area contributed by atoms with E-state index in [2.05, 4.69) is 47.3 Å². The Morgan fingerprint density at radius 2 is 0.572 bits per heavy atom. The second-order valence-corrected chi connectivity index (χ2v) is 35.0. The zero-order valence-electron chi connectivity index (χ0n) is 78.5. The van der Waals surface area contributed by atoms with Crippen molar-refractivity contribution in [1.82, 2.24) is 19.9 Å². The number of rotatable bonds is 36. The summed E-state index contributed by atoms with van der Waals surface area (Å²) in [4.78, 5) is 68.7. The minimum Gasteiger partial charge on any atom is -0.497 e. The molecule has 12 aromatic carbocycles. The number of halogens is 5. The average molecular weight is 1950 g/mol. The number of aliphatic hydroxyl groups excluding tert-OH is 4. The van der Waals surface area contributed by atoms with Crippen LogP contribution >= 0.6 is 46.4 Å². The number of aromatic amines is 4. The molecule has 0 radical (unpaired) electrons. The van der Waals surface area contributed by atoms with Crippen LogP contribution in [0.4, 0.5) is 27.1 Å². The summed E-state index contributed by atoms with van der Waals surface area (Å²) >= 11 is 24.8. The van der Waals surface area contributed by atoms with Crippen molar-refractivity contribution in [3.8, 4) is 46.0 Å². The maximum absolute atomic E-state index is 14.1. The molecule has 0 bridgehead atoms. The van der Waals surface area contributed by atoms with E-state index in [9.17, 15) is 23.6 Å². The minimum absolute atomic E-state index is 0.0766. The number of carbonyl (C=O) groups is 4. The van der Waals surface area contributed by atoms with E-state index in [1.54, 1.807) is 162 Å². The number of carbonyl (C=O) groups excluding carboxylic acids is 4. The maximum Gasteiger partial charge on any atom is 0.191 e. The Kier molecular flexibility index (Phi) is 34.3.